The number of ether oxygens (including phenoxy) is 1. The molecule has 0 bridgehead atoms. The van der Waals surface area contributed by atoms with E-state index in [-0.39, 0.29) is 0 Å². The van der Waals surface area contributed by atoms with E-state index in [0.29, 0.717) is 6.04 Å². The van der Waals surface area contributed by atoms with Gasteiger partial charge in [-0.2, -0.15) is 5.10 Å². The van der Waals surface area contributed by atoms with Crippen LogP contribution < -0.4 is 5.32 Å². The maximum absolute atomic E-state index is 5.21. The molecular formula is C12H23N3O. The van der Waals surface area contributed by atoms with Gasteiger partial charge in [-0.1, -0.05) is 6.92 Å². The van der Waals surface area contributed by atoms with E-state index in [0.717, 1.165) is 38.1 Å². The molecule has 0 aliphatic rings. The van der Waals surface area contributed by atoms with Crippen LogP contribution in [0.25, 0.3) is 0 Å². The highest BCUT2D eigenvalue weighted by Crippen LogP contribution is 2.03. The van der Waals surface area contributed by atoms with E-state index >= 15 is 0 Å². The first-order chi connectivity index (χ1) is 7.76. The van der Waals surface area contributed by atoms with E-state index in [1.165, 1.54) is 0 Å². The van der Waals surface area contributed by atoms with Crippen molar-refractivity contribution < 1.29 is 4.74 Å². The molecule has 1 N–H and O–H groups in total. The Bertz CT molecular complexity index is 286. The van der Waals surface area contributed by atoms with Gasteiger partial charge < -0.3 is 10.1 Å². The molecule has 0 fully saturated rings. The minimum absolute atomic E-state index is 0.437. The van der Waals surface area contributed by atoms with Crippen molar-refractivity contribution in [2.75, 3.05) is 20.3 Å². The fraction of sp³-hybridized carbons (Fsp3) is 0.750. The predicted octanol–water partition coefficient (Wildman–Crippen LogP) is 1.37. The number of aromatic nitrogens is 2. The van der Waals surface area contributed by atoms with Crippen LogP contribution >= 0.6 is 0 Å². The zero-order chi connectivity index (χ0) is 11.8. The van der Waals surface area contributed by atoms with E-state index < -0.39 is 0 Å². The van der Waals surface area contributed by atoms with Crippen molar-refractivity contribution in [3.8, 4) is 0 Å². The van der Waals surface area contributed by atoms with Gasteiger partial charge in [0.05, 0.1) is 12.3 Å². The lowest BCUT2D eigenvalue weighted by atomic mass is 10.1. The summed E-state index contributed by atoms with van der Waals surface area (Å²) in [7, 11) is 3.70. The van der Waals surface area contributed by atoms with Crippen molar-refractivity contribution in [3.05, 3.63) is 18.0 Å². The van der Waals surface area contributed by atoms with Crippen LogP contribution in [0.5, 0.6) is 0 Å². The fourth-order valence-electron chi connectivity index (χ4n) is 1.71. The molecule has 0 spiro atoms. The molecule has 4 nitrogen and oxygen atoms in total. The first-order valence-corrected chi connectivity index (χ1v) is 5.97. The second-order valence-electron chi connectivity index (χ2n) is 4.13. The largest absolute Gasteiger partial charge is 0.383 e. The number of methoxy groups -OCH3 is 1. The molecule has 0 radical (unpaired) electrons. The van der Waals surface area contributed by atoms with Gasteiger partial charge in [0.2, 0.25) is 0 Å². The van der Waals surface area contributed by atoms with E-state index in [2.05, 4.69) is 23.4 Å². The Morgan fingerprint density at radius 3 is 2.94 bits per heavy atom. The number of rotatable bonds is 8. The summed E-state index contributed by atoms with van der Waals surface area (Å²) in [4.78, 5) is 0. The lowest BCUT2D eigenvalue weighted by Crippen LogP contribution is -2.34. The molecule has 0 amide bonds. The third-order valence-corrected chi connectivity index (χ3v) is 2.57. The first-order valence-electron chi connectivity index (χ1n) is 5.97. The highest BCUT2D eigenvalue weighted by atomic mass is 16.5. The first kappa shape index (κ1) is 13.2. The van der Waals surface area contributed by atoms with Crippen LogP contribution in [0.3, 0.4) is 0 Å². The van der Waals surface area contributed by atoms with Crippen LogP contribution in [0.4, 0.5) is 0 Å². The van der Waals surface area contributed by atoms with E-state index in [9.17, 15) is 0 Å². The third-order valence-electron chi connectivity index (χ3n) is 2.57. The standard InChI is InChI=1S/C12H23N3O/c1-4-8-13-12(10-16-3)6-5-11-7-9-15(2)14-11/h7,9,12-13H,4-6,8,10H2,1-3H3. The molecular weight excluding hydrogens is 202 g/mol. The van der Waals surface area contributed by atoms with Gasteiger partial charge in [-0.15, -0.1) is 0 Å². The summed E-state index contributed by atoms with van der Waals surface area (Å²) in [5, 5.41) is 7.86. The van der Waals surface area contributed by atoms with Crippen molar-refractivity contribution >= 4 is 0 Å². The molecule has 1 heterocycles. The van der Waals surface area contributed by atoms with Crippen LogP contribution in [0.15, 0.2) is 12.3 Å². The quantitative estimate of drug-likeness (QED) is 0.726. The van der Waals surface area contributed by atoms with Gasteiger partial charge in [0.15, 0.2) is 0 Å². The average molecular weight is 225 g/mol. The Kier molecular flexibility index (Phi) is 6.11. The monoisotopic (exact) mass is 225 g/mol. The van der Waals surface area contributed by atoms with Crippen molar-refractivity contribution in [2.45, 2.75) is 32.2 Å². The van der Waals surface area contributed by atoms with E-state index in [1.54, 1.807) is 7.11 Å². The summed E-state index contributed by atoms with van der Waals surface area (Å²) >= 11 is 0. The van der Waals surface area contributed by atoms with Gasteiger partial charge >= 0.3 is 0 Å². The lowest BCUT2D eigenvalue weighted by Gasteiger charge is -2.16. The summed E-state index contributed by atoms with van der Waals surface area (Å²) in [5.41, 5.74) is 1.15. The summed E-state index contributed by atoms with van der Waals surface area (Å²) in [5.74, 6) is 0. The topological polar surface area (TPSA) is 39.1 Å². The number of nitrogens with zero attached hydrogens (tertiary/aromatic N) is 2. The number of hydrogen-bond acceptors (Lipinski definition) is 3. The molecule has 92 valence electrons. The van der Waals surface area contributed by atoms with Crippen LogP contribution in [-0.4, -0.2) is 36.1 Å². The smallest absolute Gasteiger partial charge is 0.0625 e. The van der Waals surface area contributed by atoms with Gasteiger partial charge in [-0.05, 0) is 31.9 Å². The Balaban J connectivity index is 2.30. The van der Waals surface area contributed by atoms with Gasteiger partial charge in [-0.3, -0.25) is 4.68 Å². The van der Waals surface area contributed by atoms with Crippen LogP contribution in [0.1, 0.15) is 25.5 Å². The SMILES string of the molecule is CCCNC(CCc1ccn(C)n1)COC. The number of hydrogen-bond donors (Lipinski definition) is 1. The molecule has 16 heavy (non-hydrogen) atoms. The Morgan fingerprint density at radius 2 is 2.38 bits per heavy atom. The maximum Gasteiger partial charge on any atom is 0.0625 e. The molecule has 0 aliphatic heterocycles. The van der Waals surface area contributed by atoms with Gasteiger partial charge in [0, 0.05) is 26.4 Å². The highest BCUT2D eigenvalue weighted by Gasteiger charge is 2.08. The van der Waals surface area contributed by atoms with E-state index in [4.69, 9.17) is 4.74 Å². The summed E-state index contributed by atoms with van der Waals surface area (Å²) in [6, 6.07) is 2.51. The Labute approximate surface area is 98.0 Å². The summed E-state index contributed by atoms with van der Waals surface area (Å²) in [6.45, 7) is 4.00. The molecule has 0 saturated carbocycles. The van der Waals surface area contributed by atoms with Crippen molar-refractivity contribution in [3.63, 3.8) is 0 Å². The summed E-state index contributed by atoms with van der Waals surface area (Å²) < 4.78 is 7.05. The molecule has 0 aromatic carbocycles. The fourth-order valence-corrected chi connectivity index (χ4v) is 1.71. The molecule has 4 heteroatoms. The average Bonchev–Trinajstić information content (AvgIpc) is 2.68. The zero-order valence-corrected chi connectivity index (χ0v) is 10.6. The normalized spacial score (nSPS) is 12.9. The minimum Gasteiger partial charge on any atom is -0.383 e. The number of aryl methyl sites for hydroxylation is 2. The van der Waals surface area contributed by atoms with Gasteiger partial charge in [-0.25, -0.2) is 0 Å². The van der Waals surface area contributed by atoms with Gasteiger partial charge in [0.25, 0.3) is 0 Å². The van der Waals surface area contributed by atoms with Gasteiger partial charge in [0.1, 0.15) is 0 Å². The zero-order valence-electron chi connectivity index (χ0n) is 10.6. The predicted molar refractivity (Wildman–Crippen MR) is 65.5 cm³/mol. The minimum atomic E-state index is 0.437. The second kappa shape index (κ2) is 7.41. The van der Waals surface area contributed by atoms with E-state index in [1.807, 2.05) is 17.9 Å². The lowest BCUT2D eigenvalue weighted by molar-refractivity contribution is 0.162. The maximum atomic E-state index is 5.21. The molecule has 1 aromatic rings. The third kappa shape index (κ3) is 4.77. The van der Waals surface area contributed by atoms with Crippen molar-refractivity contribution in [1.82, 2.24) is 15.1 Å². The van der Waals surface area contributed by atoms with Crippen molar-refractivity contribution in [2.24, 2.45) is 7.05 Å². The van der Waals surface area contributed by atoms with Crippen LogP contribution in [0.2, 0.25) is 0 Å². The Morgan fingerprint density at radius 1 is 1.56 bits per heavy atom. The van der Waals surface area contributed by atoms with Crippen LogP contribution in [-0.2, 0) is 18.2 Å². The Hall–Kier alpha value is -0.870. The molecule has 1 aromatic heterocycles. The summed E-state index contributed by atoms with van der Waals surface area (Å²) in [6.07, 6.45) is 5.22. The van der Waals surface area contributed by atoms with Crippen LogP contribution in [0, 0.1) is 0 Å². The molecule has 0 aliphatic carbocycles. The second-order valence-corrected chi connectivity index (χ2v) is 4.13. The number of nitrogens with one attached hydrogen (secondary N) is 1. The molecule has 1 rings (SSSR count). The van der Waals surface area contributed by atoms with Crippen molar-refractivity contribution in [1.29, 1.82) is 0 Å². The molecule has 0 saturated heterocycles. The molecule has 1 unspecified atom stereocenters. The highest BCUT2D eigenvalue weighted by molar-refractivity contribution is 4.99. The molecule has 1 atom stereocenters.